The molecule has 0 bridgehead atoms. The number of nitrogens with zero attached hydrogens (tertiary/aromatic N) is 2. The van der Waals surface area contributed by atoms with Crippen molar-refractivity contribution >= 4 is 38.1 Å². The van der Waals surface area contributed by atoms with Gasteiger partial charge in [0.2, 0.25) is 0 Å². The average Bonchev–Trinajstić information content (AvgIpc) is 3.23. The van der Waals surface area contributed by atoms with Gasteiger partial charge in [-0.15, -0.1) is 11.3 Å². The maximum absolute atomic E-state index is 12.6. The van der Waals surface area contributed by atoms with Crippen LogP contribution in [0, 0.1) is 0 Å². The van der Waals surface area contributed by atoms with E-state index in [4.69, 9.17) is 9.47 Å². The van der Waals surface area contributed by atoms with Crippen LogP contribution in [0.25, 0.3) is 11.3 Å². The predicted octanol–water partition coefficient (Wildman–Crippen LogP) is 3.75. The zero-order chi connectivity index (χ0) is 22.0. The second-order valence-electron chi connectivity index (χ2n) is 6.84. The number of anilines is 2. The molecule has 1 aromatic heterocycles. The van der Waals surface area contributed by atoms with Crippen LogP contribution < -0.4 is 19.1 Å². The minimum atomic E-state index is -3.78. The molecule has 3 aromatic rings. The maximum atomic E-state index is 12.6. The first-order chi connectivity index (χ1) is 14.9. The summed E-state index contributed by atoms with van der Waals surface area (Å²) >= 11 is 1.18. The molecule has 0 spiro atoms. The van der Waals surface area contributed by atoms with Gasteiger partial charge in [0.05, 0.1) is 23.4 Å². The summed E-state index contributed by atoms with van der Waals surface area (Å²) in [5.74, 6) is 1.13. The van der Waals surface area contributed by atoms with Crippen LogP contribution >= 0.6 is 11.3 Å². The summed E-state index contributed by atoms with van der Waals surface area (Å²) < 4.78 is 38.4. The zero-order valence-electron chi connectivity index (χ0n) is 17.0. The van der Waals surface area contributed by atoms with E-state index >= 15 is 0 Å². The van der Waals surface area contributed by atoms with Gasteiger partial charge in [-0.2, -0.15) is 0 Å². The monoisotopic (exact) mass is 459 g/mol. The number of hydrogen-bond donors (Lipinski definition) is 1. The van der Waals surface area contributed by atoms with E-state index in [0.29, 0.717) is 29.4 Å². The Balaban J connectivity index is 1.58. The molecule has 10 heteroatoms. The molecular formula is C21H21N3O5S2. The summed E-state index contributed by atoms with van der Waals surface area (Å²) in [5.41, 5.74) is 2.07. The number of carbonyl (C=O) groups is 1. The lowest BCUT2D eigenvalue weighted by Gasteiger charge is -2.29. The molecule has 0 unspecified atom stereocenters. The lowest BCUT2D eigenvalue weighted by atomic mass is 10.1. The average molecular weight is 460 g/mol. The Labute approximate surface area is 184 Å². The topological polar surface area (TPSA) is 97.8 Å². The minimum Gasteiger partial charge on any atom is -0.497 e. The first kappa shape index (κ1) is 21.1. The van der Waals surface area contributed by atoms with Crippen LogP contribution in [0.1, 0.15) is 13.3 Å². The number of fused-ring (bicyclic) bond motifs is 1. The Hall–Kier alpha value is -3.11. The molecule has 2 heterocycles. The molecule has 1 N–H and O–H groups in total. The molecule has 8 nitrogen and oxygen atoms in total. The van der Waals surface area contributed by atoms with Crippen LogP contribution in [0.4, 0.5) is 10.8 Å². The first-order valence-electron chi connectivity index (χ1n) is 9.61. The lowest BCUT2D eigenvalue weighted by molar-refractivity contribution is -0.121. The number of nitrogens with one attached hydrogen (secondary N) is 1. The molecule has 1 amide bonds. The van der Waals surface area contributed by atoms with Crippen LogP contribution in [0.15, 0.2) is 52.7 Å². The standard InChI is InChI=1S/C21H21N3O5S2/c1-3-10-24-18-11-14(4-9-19(18)29-12-20(24)25)17-13-30-21(22-17)23-31(26,27)16-7-5-15(28-2)6-8-16/h4-9,11,13H,3,10,12H2,1-2H3,(H,22,23). The van der Waals surface area contributed by atoms with Gasteiger partial charge in [-0.05, 0) is 48.9 Å². The molecule has 0 fully saturated rings. The zero-order valence-corrected chi connectivity index (χ0v) is 18.6. The number of hydrogen-bond acceptors (Lipinski definition) is 7. The van der Waals surface area contributed by atoms with E-state index in [1.807, 2.05) is 19.1 Å². The number of carbonyl (C=O) groups excluding carboxylic acids is 1. The van der Waals surface area contributed by atoms with E-state index in [1.165, 1.54) is 30.6 Å². The van der Waals surface area contributed by atoms with Gasteiger partial charge in [0.1, 0.15) is 11.5 Å². The van der Waals surface area contributed by atoms with Crippen LogP contribution in [0.3, 0.4) is 0 Å². The van der Waals surface area contributed by atoms with Crippen LogP contribution in [0.2, 0.25) is 0 Å². The smallest absolute Gasteiger partial charge is 0.265 e. The van der Waals surface area contributed by atoms with Gasteiger partial charge >= 0.3 is 0 Å². The predicted molar refractivity (Wildman–Crippen MR) is 119 cm³/mol. The molecule has 1 aliphatic rings. The molecule has 31 heavy (non-hydrogen) atoms. The fourth-order valence-corrected chi connectivity index (χ4v) is 5.18. The highest BCUT2D eigenvalue weighted by molar-refractivity contribution is 7.93. The Morgan fingerprint density at radius 2 is 2.00 bits per heavy atom. The molecule has 0 aliphatic carbocycles. The van der Waals surface area contributed by atoms with E-state index in [9.17, 15) is 13.2 Å². The molecule has 2 aromatic carbocycles. The van der Waals surface area contributed by atoms with Crippen molar-refractivity contribution < 1.29 is 22.7 Å². The number of thiazole rings is 1. The highest BCUT2D eigenvalue weighted by Crippen LogP contribution is 2.37. The summed E-state index contributed by atoms with van der Waals surface area (Å²) in [5, 5.41) is 2.02. The maximum Gasteiger partial charge on any atom is 0.265 e. The molecular weight excluding hydrogens is 438 g/mol. The second-order valence-corrected chi connectivity index (χ2v) is 9.38. The number of benzene rings is 2. The number of aromatic nitrogens is 1. The van der Waals surface area contributed by atoms with Crippen molar-refractivity contribution in [3.05, 3.63) is 47.8 Å². The Bertz CT molecular complexity index is 1210. The van der Waals surface area contributed by atoms with Crippen molar-refractivity contribution in [1.29, 1.82) is 0 Å². The van der Waals surface area contributed by atoms with Crippen LogP contribution in [0.5, 0.6) is 11.5 Å². The van der Waals surface area contributed by atoms with Gasteiger partial charge in [0.25, 0.3) is 15.9 Å². The molecule has 4 rings (SSSR count). The van der Waals surface area contributed by atoms with Crippen molar-refractivity contribution in [2.24, 2.45) is 0 Å². The highest BCUT2D eigenvalue weighted by atomic mass is 32.2. The minimum absolute atomic E-state index is 0.0281. The fourth-order valence-electron chi connectivity index (χ4n) is 3.21. The summed E-state index contributed by atoms with van der Waals surface area (Å²) in [6, 6.07) is 11.6. The van der Waals surface area contributed by atoms with E-state index in [0.717, 1.165) is 12.0 Å². The number of rotatable bonds is 7. The van der Waals surface area contributed by atoms with Crippen molar-refractivity contribution in [1.82, 2.24) is 4.98 Å². The molecule has 1 aliphatic heterocycles. The molecule has 0 saturated carbocycles. The van der Waals surface area contributed by atoms with Gasteiger partial charge in [-0.1, -0.05) is 6.92 Å². The SMILES string of the molecule is CCCN1C(=O)COc2ccc(-c3csc(NS(=O)(=O)c4ccc(OC)cc4)n3)cc21. The quantitative estimate of drug-likeness (QED) is 0.578. The number of ether oxygens (including phenoxy) is 2. The lowest BCUT2D eigenvalue weighted by Crippen LogP contribution is -2.39. The van der Waals surface area contributed by atoms with Gasteiger partial charge in [-0.25, -0.2) is 13.4 Å². The fraction of sp³-hybridized carbons (Fsp3) is 0.238. The number of methoxy groups -OCH3 is 1. The third-order valence-electron chi connectivity index (χ3n) is 4.74. The Kier molecular flexibility index (Phi) is 5.84. The third-order valence-corrected chi connectivity index (χ3v) is 6.98. The van der Waals surface area contributed by atoms with Gasteiger partial charge in [-0.3, -0.25) is 9.52 Å². The molecule has 0 saturated heterocycles. The van der Waals surface area contributed by atoms with Crippen molar-refractivity contribution in [3.8, 4) is 22.8 Å². The van der Waals surface area contributed by atoms with Crippen molar-refractivity contribution in [2.75, 3.05) is 29.9 Å². The number of sulfonamides is 1. The normalized spacial score (nSPS) is 13.5. The highest BCUT2D eigenvalue weighted by Gasteiger charge is 2.25. The van der Waals surface area contributed by atoms with E-state index in [-0.39, 0.29) is 22.5 Å². The Morgan fingerprint density at radius 3 is 2.71 bits per heavy atom. The third kappa shape index (κ3) is 4.35. The Morgan fingerprint density at radius 1 is 1.23 bits per heavy atom. The van der Waals surface area contributed by atoms with Gasteiger partial charge in [0.15, 0.2) is 11.7 Å². The summed E-state index contributed by atoms with van der Waals surface area (Å²) in [7, 11) is -2.26. The first-order valence-corrected chi connectivity index (χ1v) is 12.0. The van der Waals surface area contributed by atoms with E-state index in [1.54, 1.807) is 28.5 Å². The van der Waals surface area contributed by atoms with Crippen LogP contribution in [-0.4, -0.2) is 39.6 Å². The second kappa shape index (κ2) is 8.56. The summed E-state index contributed by atoms with van der Waals surface area (Å²) in [4.78, 5) is 18.5. The molecule has 162 valence electrons. The van der Waals surface area contributed by atoms with Crippen LogP contribution in [-0.2, 0) is 14.8 Å². The summed E-state index contributed by atoms with van der Waals surface area (Å²) in [6.45, 7) is 2.64. The number of amides is 1. The molecule has 0 radical (unpaired) electrons. The van der Waals surface area contributed by atoms with Crippen molar-refractivity contribution in [3.63, 3.8) is 0 Å². The largest absolute Gasteiger partial charge is 0.497 e. The summed E-state index contributed by atoms with van der Waals surface area (Å²) in [6.07, 6.45) is 0.823. The van der Waals surface area contributed by atoms with Crippen molar-refractivity contribution in [2.45, 2.75) is 18.2 Å². The van der Waals surface area contributed by atoms with Gasteiger partial charge in [0, 0.05) is 17.5 Å². The van der Waals surface area contributed by atoms with Gasteiger partial charge < -0.3 is 14.4 Å². The van der Waals surface area contributed by atoms with E-state index < -0.39 is 10.0 Å². The van der Waals surface area contributed by atoms with E-state index in [2.05, 4.69) is 9.71 Å². The molecule has 0 atom stereocenters.